The van der Waals surface area contributed by atoms with Gasteiger partial charge in [0.25, 0.3) is 0 Å². The van der Waals surface area contributed by atoms with Crippen LogP contribution in [0, 0.1) is 0 Å². The molecule has 0 aliphatic heterocycles. The highest BCUT2D eigenvalue weighted by Crippen LogP contribution is 2.38. The lowest BCUT2D eigenvalue weighted by molar-refractivity contribution is 0.103. The standard InChI is InChI=1S/C13H10Br2O3S/c1-17-9-4-3-7(14)12(18-2)10(9)11(16)13-8(15)5-6-19-13/h3-6H,1-2H3. The molecule has 0 atom stereocenters. The molecule has 0 fully saturated rings. The summed E-state index contributed by atoms with van der Waals surface area (Å²) in [5.74, 6) is 0.840. The van der Waals surface area contributed by atoms with Gasteiger partial charge in [0, 0.05) is 4.47 Å². The van der Waals surface area contributed by atoms with Crippen LogP contribution in [0.2, 0.25) is 0 Å². The summed E-state index contributed by atoms with van der Waals surface area (Å²) >= 11 is 8.13. The van der Waals surface area contributed by atoms with Crippen LogP contribution >= 0.6 is 43.2 Å². The quantitative estimate of drug-likeness (QED) is 0.701. The summed E-state index contributed by atoms with van der Waals surface area (Å²) in [6.07, 6.45) is 0. The summed E-state index contributed by atoms with van der Waals surface area (Å²) in [7, 11) is 3.06. The van der Waals surface area contributed by atoms with Gasteiger partial charge in [-0.15, -0.1) is 11.3 Å². The van der Waals surface area contributed by atoms with Gasteiger partial charge in [-0.05, 0) is 55.4 Å². The van der Waals surface area contributed by atoms with Crippen LogP contribution in [0.4, 0.5) is 0 Å². The Morgan fingerprint density at radius 3 is 2.37 bits per heavy atom. The molecule has 0 spiro atoms. The van der Waals surface area contributed by atoms with Crippen LogP contribution in [0.1, 0.15) is 15.2 Å². The first-order chi connectivity index (χ1) is 9.10. The second kappa shape index (κ2) is 6.07. The average molecular weight is 406 g/mol. The maximum atomic E-state index is 12.6. The molecule has 0 aliphatic carbocycles. The Morgan fingerprint density at radius 1 is 1.11 bits per heavy atom. The second-order valence-corrected chi connectivity index (χ2v) is 6.21. The molecule has 0 bridgehead atoms. The zero-order chi connectivity index (χ0) is 14.0. The zero-order valence-corrected chi connectivity index (χ0v) is 14.2. The fourth-order valence-corrected chi connectivity index (χ4v) is 3.68. The first kappa shape index (κ1) is 14.6. The van der Waals surface area contributed by atoms with Gasteiger partial charge >= 0.3 is 0 Å². The predicted octanol–water partition coefficient (Wildman–Crippen LogP) is 4.52. The fraction of sp³-hybridized carbons (Fsp3) is 0.154. The summed E-state index contributed by atoms with van der Waals surface area (Å²) in [6.45, 7) is 0. The van der Waals surface area contributed by atoms with E-state index in [1.54, 1.807) is 12.1 Å². The molecule has 6 heteroatoms. The monoisotopic (exact) mass is 404 g/mol. The van der Waals surface area contributed by atoms with E-state index in [0.717, 1.165) is 4.47 Å². The predicted molar refractivity (Wildman–Crippen MR) is 82.7 cm³/mol. The Balaban J connectivity index is 2.64. The van der Waals surface area contributed by atoms with E-state index in [4.69, 9.17) is 9.47 Å². The lowest BCUT2D eigenvalue weighted by Gasteiger charge is -2.13. The second-order valence-electron chi connectivity index (χ2n) is 3.58. The van der Waals surface area contributed by atoms with Gasteiger partial charge in [0.15, 0.2) is 0 Å². The SMILES string of the molecule is COc1ccc(Br)c(OC)c1C(=O)c1sccc1Br. The average Bonchev–Trinajstić information content (AvgIpc) is 2.83. The normalized spacial score (nSPS) is 10.3. The summed E-state index contributed by atoms with van der Waals surface area (Å²) in [5.41, 5.74) is 0.419. The lowest BCUT2D eigenvalue weighted by atomic mass is 10.1. The first-order valence-corrected chi connectivity index (χ1v) is 7.75. The van der Waals surface area contributed by atoms with E-state index < -0.39 is 0 Å². The molecule has 100 valence electrons. The van der Waals surface area contributed by atoms with Crippen molar-refractivity contribution in [2.45, 2.75) is 0 Å². The van der Waals surface area contributed by atoms with Crippen LogP contribution in [0.5, 0.6) is 11.5 Å². The fourth-order valence-electron chi connectivity index (χ4n) is 1.69. The Hall–Kier alpha value is -0.850. The Bertz CT molecular complexity index is 622. The van der Waals surface area contributed by atoms with Gasteiger partial charge in [0.2, 0.25) is 5.78 Å². The summed E-state index contributed by atoms with van der Waals surface area (Å²) in [5, 5.41) is 1.86. The molecule has 1 heterocycles. The number of carbonyl (C=O) groups excluding carboxylic acids is 1. The van der Waals surface area contributed by atoms with Gasteiger partial charge in [0.05, 0.1) is 23.6 Å². The van der Waals surface area contributed by atoms with Crippen molar-refractivity contribution in [1.29, 1.82) is 0 Å². The molecule has 0 unspecified atom stereocenters. The van der Waals surface area contributed by atoms with E-state index in [2.05, 4.69) is 31.9 Å². The van der Waals surface area contributed by atoms with Crippen molar-refractivity contribution in [3.63, 3.8) is 0 Å². The van der Waals surface area contributed by atoms with E-state index in [1.807, 2.05) is 11.4 Å². The molecule has 0 aliphatic rings. The minimum absolute atomic E-state index is 0.128. The third-order valence-electron chi connectivity index (χ3n) is 2.55. The third kappa shape index (κ3) is 2.70. The highest BCUT2D eigenvalue weighted by Gasteiger charge is 2.24. The molecule has 0 saturated heterocycles. The van der Waals surface area contributed by atoms with Crippen molar-refractivity contribution in [3.8, 4) is 11.5 Å². The number of hydrogen-bond acceptors (Lipinski definition) is 4. The smallest absolute Gasteiger partial charge is 0.211 e. The molecule has 19 heavy (non-hydrogen) atoms. The molecule has 0 N–H and O–H groups in total. The molecule has 3 nitrogen and oxygen atoms in total. The molecule has 2 aromatic rings. The van der Waals surface area contributed by atoms with Crippen LogP contribution in [-0.2, 0) is 0 Å². The number of ether oxygens (including phenoxy) is 2. The number of carbonyl (C=O) groups is 1. The highest BCUT2D eigenvalue weighted by molar-refractivity contribution is 9.11. The number of rotatable bonds is 4. The first-order valence-electron chi connectivity index (χ1n) is 5.28. The number of hydrogen-bond donors (Lipinski definition) is 0. The van der Waals surface area contributed by atoms with Crippen LogP contribution in [0.25, 0.3) is 0 Å². The minimum Gasteiger partial charge on any atom is -0.496 e. The van der Waals surface area contributed by atoms with Gasteiger partial charge < -0.3 is 9.47 Å². The number of methoxy groups -OCH3 is 2. The molecule has 2 rings (SSSR count). The molecule has 0 saturated carbocycles. The van der Waals surface area contributed by atoms with Crippen molar-refractivity contribution >= 4 is 49.0 Å². The van der Waals surface area contributed by atoms with E-state index >= 15 is 0 Å². The Labute approximate surface area is 131 Å². The zero-order valence-electron chi connectivity index (χ0n) is 10.2. The van der Waals surface area contributed by atoms with Crippen LogP contribution in [0.15, 0.2) is 32.5 Å². The molecular weight excluding hydrogens is 396 g/mol. The Morgan fingerprint density at radius 2 is 1.84 bits per heavy atom. The summed E-state index contributed by atoms with van der Waals surface area (Å²) in [4.78, 5) is 13.3. The van der Waals surface area contributed by atoms with Crippen LogP contribution < -0.4 is 9.47 Å². The minimum atomic E-state index is -0.128. The molecule has 1 aromatic heterocycles. The maximum Gasteiger partial charge on any atom is 0.211 e. The summed E-state index contributed by atoms with van der Waals surface area (Å²) in [6, 6.07) is 5.37. The molecular formula is C13H10Br2O3S. The summed E-state index contributed by atoms with van der Waals surface area (Å²) < 4.78 is 12.1. The maximum absolute atomic E-state index is 12.6. The van der Waals surface area contributed by atoms with Crippen LogP contribution in [0.3, 0.4) is 0 Å². The van der Waals surface area contributed by atoms with E-state index in [9.17, 15) is 4.79 Å². The Kier molecular flexibility index (Phi) is 4.65. The number of benzene rings is 1. The highest BCUT2D eigenvalue weighted by atomic mass is 79.9. The van der Waals surface area contributed by atoms with Gasteiger partial charge in [-0.3, -0.25) is 4.79 Å². The van der Waals surface area contributed by atoms with E-state index in [1.165, 1.54) is 25.6 Å². The van der Waals surface area contributed by atoms with Crippen molar-refractivity contribution in [2.75, 3.05) is 14.2 Å². The largest absolute Gasteiger partial charge is 0.496 e. The van der Waals surface area contributed by atoms with Gasteiger partial charge in [-0.1, -0.05) is 0 Å². The molecule has 0 amide bonds. The molecule has 1 aromatic carbocycles. The van der Waals surface area contributed by atoms with Gasteiger partial charge in [-0.25, -0.2) is 0 Å². The van der Waals surface area contributed by atoms with Gasteiger partial charge in [-0.2, -0.15) is 0 Å². The van der Waals surface area contributed by atoms with Crippen LogP contribution in [-0.4, -0.2) is 20.0 Å². The number of ketones is 1. The molecule has 0 radical (unpaired) electrons. The van der Waals surface area contributed by atoms with Crippen molar-refractivity contribution in [3.05, 3.63) is 43.0 Å². The van der Waals surface area contributed by atoms with E-state index in [0.29, 0.717) is 26.4 Å². The van der Waals surface area contributed by atoms with Crippen molar-refractivity contribution < 1.29 is 14.3 Å². The van der Waals surface area contributed by atoms with Crippen molar-refractivity contribution in [2.24, 2.45) is 0 Å². The third-order valence-corrected chi connectivity index (χ3v) is 5.01. The lowest BCUT2D eigenvalue weighted by Crippen LogP contribution is -2.06. The van der Waals surface area contributed by atoms with Gasteiger partial charge in [0.1, 0.15) is 17.1 Å². The topological polar surface area (TPSA) is 35.5 Å². The van der Waals surface area contributed by atoms with E-state index in [-0.39, 0.29) is 5.78 Å². The van der Waals surface area contributed by atoms with Crippen molar-refractivity contribution in [1.82, 2.24) is 0 Å². The number of halogens is 2. The number of thiophene rings is 1.